The largest absolute Gasteiger partial charge is 0.480 e. The van der Waals surface area contributed by atoms with Crippen LogP contribution in [-0.4, -0.2) is 17.9 Å². The average molecular weight is 415 g/mol. The van der Waals surface area contributed by atoms with Gasteiger partial charge in [0, 0.05) is 5.69 Å². The molecule has 0 spiro atoms. The van der Waals surface area contributed by atoms with Gasteiger partial charge in [-0.3, -0.25) is 9.59 Å². The van der Waals surface area contributed by atoms with Crippen molar-refractivity contribution in [3.8, 4) is 5.75 Å². The van der Waals surface area contributed by atoms with Crippen molar-refractivity contribution in [2.75, 3.05) is 5.32 Å². The Hall–Kier alpha value is -3.60. The van der Waals surface area contributed by atoms with Crippen molar-refractivity contribution >= 4 is 17.5 Å². The topological polar surface area (TPSA) is 67.4 Å². The van der Waals surface area contributed by atoms with Gasteiger partial charge in [0.05, 0.1) is 11.6 Å². The van der Waals surface area contributed by atoms with E-state index in [2.05, 4.69) is 22.8 Å². The maximum Gasteiger partial charge on any atom is 0.261 e. The summed E-state index contributed by atoms with van der Waals surface area (Å²) in [5.74, 6) is -0.0989. The van der Waals surface area contributed by atoms with Crippen LogP contribution in [0.2, 0.25) is 0 Å². The number of aryl methyl sites for hydroxylation is 1. The van der Waals surface area contributed by atoms with E-state index in [1.165, 1.54) is 11.1 Å². The van der Waals surface area contributed by atoms with E-state index in [0.29, 0.717) is 17.0 Å². The normalized spacial score (nSPS) is 16.0. The van der Waals surface area contributed by atoms with Gasteiger partial charge in [-0.15, -0.1) is 0 Å². The van der Waals surface area contributed by atoms with Crippen molar-refractivity contribution < 1.29 is 14.3 Å². The predicted octanol–water partition coefficient (Wildman–Crippen LogP) is 4.90. The summed E-state index contributed by atoms with van der Waals surface area (Å²) in [4.78, 5) is 25.6. The fraction of sp³-hybridized carbons (Fsp3) is 0.231. The summed E-state index contributed by atoms with van der Waals surface area (Å²) in [7, 11) is 0. The molecule has 0 bridgehead atoms. The van der Waals surface area contributed by atoms with E-state index in [0.717, 1.165) is 19.3 Å². The number of fused-ring (bicyclic) bond motifs is 1. The number of para-hydroxylation sites is 2. The summed E-state index contributed by atoms with van der Waals surface area (Å²) >= 11 is 0. The van der Waals surface area contributed by atoms with Crippen molar-refractivity contribution in [1.82, 2.24) is 5.32 Å². The number of rotatable bonds is 6. The summed E-state index contributed by atoms with van der Waals surface area (Å²) in [6.45, 7) is 1.70. The summed E-state index contributed by atoms with van der Waals surface area (Å²) in [6.07, 6.45) is 2.25. The van der Waals surface area contributed by atoms with Crippen LogP contribution in [0.25, 0.3) is 0 Å². The lowest BCUT2D eigenvalue weighted by molar-refractivity contribution is -0.128. The SMILES string of the molecule is CC(Oc1ccccc1C(=O)Nc1ccccc1)C(=O)NC1CCCc2ccccc21. The summed E-state index contributed by atoms with van der Waals surface area (Å²) < 4.78 is 5.92. The molecule has 3 aromatic rings. The molecule has 0 saturated heterocycles. The van der Waals surface area contributed by atoms with Gasteiger partial charge in [0.1, 0.15) is 5.75 Å². The molecule has 0 fully saturated rings. The van der Waals surface area contributed by atoms with E-state index in [-0.39, 0.29) is 17.9 Å². The molecule has 2 atom stereocenters. The van der Waals surface area contributed by atoms with Crippen LogP contribution in [0.1, 0.15) is 47.3 Å². The first kappa shape index (κ1) is 20.7. The van der Waals surface area contributed by atoms with Crippen molar-refractivity contribution in [2.45, 2.75) is 38.3 Å². The van der Waals surface area contributed by atoms with Gasteiger partial charge < -0.3 is 15.4 Å². The fourth-order valence-electron chi connectivity index (χ4n) is 3.91. The van der Waals surface area contributed by atoms with E-state index in [1.54, 1.807) is 31.2 Å². The predicted molar refractivity (Wildman–Crippen MR) is 121 cm³/mol. The van der Waals surface area contributed by atoms with Crippen molar-refractivity contribution in [2.24, 2.45) is 0 Å². The van der Waals surface area contributed by atoms with Crippen molar-refractivity contribution in [3.05, 3.63) is 95.6 Å². The molecule has 0 aliphatic heterocycles. The standard InChI is InChI=1S/C26H26N2O3/c1-18(25(29)28-23-16-9-11-19-10-5-6-14-21(19)23)31-24-17-8-7-15-22(24)26(30)27-20-12-3-2-4-13-20/h2-8,10,12-15,17-18,23H,9,11,16H2,1H3,(H,27,30)(H,28,29). The molecule has 3 aromatic carbocycles. The molecule has 5 nitrogen and oxygen atoms in total. The zero-order valence-electron chi connectivity index (χ0n) is 17.5. The molecular formula is C26H26N2O3. The molecule has 2 amide bonds. The number of ether oxygens (including phenoxy) is 1. The Labute approximate surface area is 182 Å². The third-order valence-electron chi connectivity index (χ3n) is 5.52. The Morgan fingerprint density at radius 3 is 2.48 bits per heavy atom. The Kier molecular flexibility index (Phi) is 6.32. The fourth-order valence-corrected chi connectivity index (χ4v) is 3.91. The van der Waals surface area contributed by atoms with E-state index in [9.17, 15) is 9.59 Å². The molecule has 2 unspecified atom stereocenters. The van der Waals surface area contributed by atoms with Gasteiger partial charge in [0.25, 0.3) is 11.8 Å². The third-order valence-corrected chi connectivity index (χ3v) is 5.52. The zero-order valence-corrected chi connectivity index (χ0v) is 17.5. The molecule has 1 aliphatic rings. The molecule has 1 aliphatic carbocycles. The minimum absolute atomic E-state index is 0.0138. The van der Waals surface area contributed by atoms with E-state index in [1.807, 2.05) is 42.5 Å². The highest BCUT2D eigenvalue weighted by Gasteiger charge is 2.25. The molecule has 0 heterocycles. The number of nitrogens with one attached hydrogen (secondary N) is 2. The minimum Gasteiger partial charge on any atom is -0.480 e. The summed E-state index contributed by atoms with van der Waals surface area (Å²) in [6, 6.07) is 24.4. The highest BCUT2D eigenvalue weighted by molar-refractivity contribution is 6.06. The maximum absolute atomic E-state index is 12.9. The van der Waals surface area contributed by atoms with Crippen LogP contribution in [0.4, 0.5) is 5.69 Å². The monoisotopic (exact) mass is 414 g/mol. The Morgan fingerprint density at radius 2 is 1.65 bits per heavy atom. The van der Waals surface area contributed by atoms with Gasteiger partial charge in [-0.1, -0.05) is 54.6 Å². The van der Waals surface area contributed by atoms with Crippen LogP contribution < -0.4 is 15.4 Å². The van der Waals surface area contributed by atoms with Gasteiger partial charge in [0.2, 0.25) is 0 Å². The van der Waals surface area contributed by atoms with Gasteiger partial charge in [0.15, 0.2) is 6.10 Å². The Bertz CT molecular complexity index is 1070. The number of amides is 2. The van der Waals surface area contributed by atoms with Crippen LogP contribution in [0.3, 0.4) is 0 Å². The Morgan fingerprint density at radius 1 is 0.935 bits per heavy atom. The van der Waals surface area contributed by atoms with Crippen LogP contribution in [0, 0.1) is 0 Å². The Balaban J connectivity index is 1.44. The zero-order chi connectivity index (χ0) is 21.6. The van der Waals surface area contributed by atoms with Gasteiger partial charge in [-0.2, -0.15) is 0 Å². The van der Waals surface area contributed by atoms with E-state index < -0.39 is 6.10 Å². The second kappa shape index (κ2) is 9.47. The third kappa shape index (κ3) is 4.94. The van der Waals surface area contributed by atoms with Crippen molar-refractivity contribution in [3.63, 3.8) is 0 Å². The van der Waals surface area contributed by atoms with Crippen LogP contribution in [0.15, 0.2) is 78.9 Å². The first-order valence-electron chi connectivity index (χ1n) is 10.6. The van der Waals surface area contributed by atoms with Crippen LogP contribution in [-0.2, 0) is 11.2 Å². The summed E-state index contributed by atoms with van der Waals surface area (Å²) in [5.41, 5.74) is 3.55. The molecule has 4 rings (SSSR count). The number of hydrogen-bond donors (Lipinski definition) is 2. The van der Waals surface area contributed by atoms with Gasteiger partial charge >= 0.3 is 0 Å². The smallest absolute Gasteiger partial charge is 0.261 e. The second-order valence-corrected chi connectivity index (χ2v) is 7.73. The second-order valence-electron chi connectivity index (χ2n) is 7.73. The maximum atomic E-state index is 12.9. The lowest BCUT2D eigenvalue weighted by Gasteiger charge is -2.27. The molecule has 0 radical (unpaired) electrons. The average Bonchev–Trinajstić information content (AvgIpc) is 2.80. The molecule has 5 heteroatoms. The molecule has 31 heavy (non-hydrogen) atoms. The van der Waals surface area contributed by atoms with Crippen LogP contribution >= 0.6 is 0 Å². The minimum atomic E-state index is -0.736. The van der Waals surface area contributed by atoms with Crippen molar-refractivity contribution in [1.29, 1.82) is 0 Å². The quantitative estimate of drug-likeness (QED) is 0.603. The molecule has 0 saturated carbocycles. The first-order chi connectivity index (χ1) is 15.1. The van der Waals surface area contributed by atoms with Gasteiger partial charge in [-0.05, 0) is 61.6 Å². The lowest BCUT2D eigenvalue weighted by atomic mass is 9.87. The number of anilines is 1. The molecule has 2 N–H and O–H groups in total. The van der Waals surface area contributed by atoms with Gasteiger partial charge in [-0.25, -0.2) is 0 Å². The highest BCUT2D eigenvalue weighted by atomic mass is 16.5. The summed E-state index contributed by atoms with van der Waals surface area (Å²) in [5, 5.41) is 5.98. The molecule has 158 valence electrons. The van der Waals surface area contributed by atoms with Crippen LogP contribution in [0.5, 0.6) is 5.75 Å². The highest BCUT2D eigenvalue weighted by Crippen LogP contribution is 2.29. The van der Waals surface area contributed by atoms with E-state index in [4.69, 9.17) is 4.74 Å². The molecular weight excluding hydrogens is 388 g/mol. The molecule has 0 aromatic heterocycles. The number of carbonyl (C=O) groups excluding carboxylic acids is 2. The number of benzene rings is 3. The lowest BCUT2D eigenvalue weighted by Crippen LogP contribution is -2.39. The number of carbonyl (C=O) groups is 2. The number of hydrogen-bond acceptors (Lipinski definition) is 3. The first-order valence-corrected chi connectivity index (χ1v) is 10.6. The van der Waals surface area contributed by atoms with E-state index >= 15 is 0 Å².